The Morgan fingerprint density at radius 1 is 1.15 bits per heavy atom. The van der Waals surface area contributed by atoms with Crippen LogP contribution in [-0.2, 0) is 4.79 Å². The molecular formula is C19H20N4O3. The number of fused-ring (bicyclic) bond motifs is 1. The summed E-state index contributed by atoms with van der Waals surface area (Å²) in [5, 5.41) is 5.10. The lowest BCUT2D eigenvalue weighted by Crippen LogP contribution is -2.52. The van der Waals surface area contributed by atoms with Crippen molar-refractivity contribution in [3.05, 3.63) is 59.9 Å². The van der Waals surface area contributed by atoms with Crippen LogP contribution in [0.25, 0.3) is 5.70 Å². The quantitative estimate of drug-likeness (QED) is 0.869. The standard InChI is InChI=1S/C19H20N4O3/c1-25-16-7-6-12(9-17(16)26-2)15-10-18(24)23-19(22-15)13(11-21-23)14-5-3-4-8-20-14/h3-10,13,19,21-22H,11H2,1-2H3. The van der Waals surface area contributed by atoms with E-state index in [0.717, 1.165) is 17.0 Å². The number of methoxy groups -OCH3 is 2. The highest BCUT2D eigenvalue weighted by Gasteiger charge is 2.41. The van der Waals surface area contributed by atoms with Gasteiger partial charge in [-0.15, -0.1) is 0 Å². The molecule has 0 aliphatic carbocycles. The highest BCUT2D eigenvalue weighted by molar-refractivity contribution is 5.97. The molecule has 1 fully saturated rings. The van der Waals surface area contributed by atoms with Gasteiger partial charge in [0.15, 0.2) is 11.5 Å². The minimum atomic E-state index is -0.203. The number of hydrazine groups is 1. The molecule has 1 amide bonds. The molecule has 1 saturated heterocycles. The molecule has 0 bridgehead atoms. The molecule has 1 aromatic carbocycles. The first-order valence-electron chi connectivity index (χ1n) is 8.39. The van der Waals surface area contributed by atoms with Crippen molar-refractivity contribution in [2.24, 2.45) is 0 Å². The van der Waals surface area contributed by atoms with E-state index in [9.17, 15) is 4.79 Å². The van der Waals surface area contributed by atoms with Crippen LogP contribution in [-0.4, -0.2) is 42.8 Å². The maximum atomic E-state index is 12.6. The summed E-state index contributed by atoms with van der Waals surface area (Å²) in [7, 11) is 3.19. The van der Waals surface area contributed by atoms with Crippen molar-refractivity contribution in [3.63, 3.8) is 0 Å². The summed E-state index contributed by atoms with van der Waals surface area (Å²) < 4.78 is 10.7. The van der Waals surface area contributed by atoms with Crippen LogP contribution in [0.1, 0.15) is 17.2 Å². The average Bonchev–Trinajstić information content (AvgIpc) is 3.12. The fourth-order valence-electron chi connectivity index (χ4n) is 3.39. The first-order valence-corrected chi connectivity index (χ1v) is 8.39. The second kappa shape index (κ2) is 6.68. The van der Waals surface area contributed by atoms with Crippen molar-refractivity contribution < 1.29 is 14.3 Å². The minimum Gasteiger partial charge on any atom is -0.493 e. The third kappa shape index (κ3) is 2.76. The van der Waals surface area contributed by atoms with E-state index in [4.69, 9.17) is 9.47 Å². The molecule has 0 radical (unpaired) electrons. The molecule has 7 heteroatoms. The van der Waals surface area contributed by atoms with Crippen molar-refractivity contribution in [2.75, 3.05) is 20.8 Å². The fraction of sp³-hybridized carbons (Fsp3) is 0.263. The molecule has 7 nitrogen and oxygen atoms in total. The summed E-state index contributed by atoms with van der Waals surface area (Å²) in [6, 6.07) is 11.4. The van der Waals surface area contributed by atoms with Gasteiger partial charge in [-0.25, -0.2) is 5.43 Å². The minimum absolute atomic E-state index is 0.0593. The maximum absolute atomic E-state index is 12.6. The summed E-state index contributed by atoms with van der Waals surface area (Å²) >= 11 is 0. The van der Waals surface area contributed by atoms with Crippen LogP contribution in [0, 0.1) is 0 Å². The van der Waals surface area contributed by atoms with Gasteiger partial charge in [-0.3, -0.25) is 14.8 Å². The Balaban J connectivity index is 1.65. The van der Waals surface area contributed by atoms with E-state index < -0.39 is 0 Å². The van der Waals surface area contributed by atoms with Gasteiger partial charge in [0, 0.05) is 35.8 Å². The fourth-order valence-corrected chi connectivity index (χ4v) is 3.39. The Bertz CT molecular complexity index is 853. The summed E-state index contributed by atoms with van der Waals surface area (Å²) in [4.78, 5) is 17.0. The van der Waals surface area contributed by atoms with E-state index in [0.29, 0.717) is 18.0 Å². The number of carbonyl (C=O) groups is 1. The number of amides is 1. The zero-order valence-electron chi connectivity index (χ0n) is 14.6. The zero-order chi connectivity index (χ0) is 18.1. The lowest BCUT2D eigenvalue weighted by molar-refractivity contribution is -0.130. The van der Waals surface area contributed by atoms with Gasteiger partial charge in [-0.05, 0) is 30.3 Å². The van der Waals surface area contributed by atoms with E-state index in [1.54, 1.807) is 31.5 Å². The van der Waals surface area contributed by atoms with Gasteiger partial charge in [0.05, 0.1) is 20.1 Å². The van der Waals surface area contributed by atoms with Crippen molar-refractivity contribution >= 4 is 11.6 Å². The molecule has 2 atom stereocenters. The van der Waals surface area contributed by atoms with Crippen LogP contribution in [0.15, 0.2) is 48.7 Å². The Kier molecular flexibility index (Phi) is 4.22. The largest absolute Gasteiger partial charge is 0.493 e. The molecule has 2 aliphatic rings. The summed E-state index contributed by atoms with van der Waals surface area (Å²) in [6.07, 6.45) is 3.16. The molecule has 134 valence electrons. The third-order valence-electron chi connectivity index (χ3n) is 4.71. The van der Waals surface area contributed by atoms with Crippen LogP contribution in [0.5, 0.6) is 11.5 Å². The third-order valence-corrected chi connectivity index (χ3v) is 4.71. The number of nitrogens with one attached hydrogen (secondary N) is 2. The molecule has 1 aromatic heterocycles. The van der Waals surface area contributed by atoms with Crippen LogP contribution in [0.4, 0.5) is 0 Å². The molecule has 0 saturated carbocycles. The molecule has 2 N–H and O–H groups in total. The molecule has 4 rings (SSSR count). The Morgan fingerprint density at radius 3 is 2.73 bits per heavy atom. The van der Waals surface area contributed by atoms with Crippen molar-refractivity contribution in [3.8, 4) is 11.5 Å². The van der Waals surface area contributed by atoms with Gasteiger partial charge < -0.3 is 14.8 Å². The predicted molar refractivity (Wildman–Crippen MR) is 96.3 cm³/mol. The highest BCUT2D eigenvalue weighted by Crippen LogP contribution is 2.33. The van der Waals surface area contributed by atoms with Gasteiger partial charge >= 0.3 is 0 Å². The number of nitrogens with zero attached hydrogens (tertiary/aromatic N) is 2. The monoisotopic (exact) mass is 352 g/mol. The van der Waals surface area contributed by atoms with E-state index in [1.165, 1.54) is 0 Å². The molecule has 3 heterocycles. The number of benzene rings is 1. The topological polar surface area (TPSA) is 75.7 Å². The molecule has 2 aromatic rings. The number of carbonyl (C=O) groups excluding carboxylic acids is 1. The van der Waals surface area contributed by atoms with Crippen LogP contribution >= 0.6 is 0 Å². The van der Waals surface area contributed by atoms with E-state index in [1.807, 2.05) is 36.4 Å². The lowest BCUT2D eigenvalue weighted by Gasteiger charge is -2.33. The Morgan fingerprint density at radius 2 is 2.00 bits per heavy atom. The number of hydrogen-bond donors (Lipinski definition) is 2. The number of hydrogen-bond acceptors (Lipinski definition) is 6. The normalized spacial score (nSPS) is 21.7. The summed E-state index contributed by atoms with van der Waals surface area (Å²) in [5.74, 6) is 1.24. The first-order chi connectivity index (χ1) is 12.7. The van der Waals surface area contributed by atoms with Crippen molar-refractivity contribution in [2.45, 2.75) is 12.1 Å². The Labute approximate surface area is 151 Å². The predicted octanol–water partition coefficient (Wildman–Crippen LogP) is 1.50. The number of rotatable bonds is 4. The maximum Gasteiger partial charge on any atom is 0.264 e. The smallest absolute Gasteiger partial charge is 0.264 e. The highest BCUT2D eigenvalue weighted by atomic mass is 16.5. The molecule has 26 heavy (non-hydrogen) atoms. The van der Waals surface area contributed by atoms with Gasteiger partial charge in [-0.2, -0.15) is 0 Å². The van der Waals surface area contributed by atoms with Crippen molar-refractivity contribution in [1.82, 2.24) is 20.7 Å². The summed E-state index contributed by atoms with van der Waals surface area (Å²) in [6.45, 7) is 0.646. The molecule has 2 unspecified atom stereocenters. The van der Waals surface area contributed by atoms with E-state index >= 15 is 0 Å². The van der Waals surface area contributed by atoms with E-state index in [2.05, 4.69) is 15.7 Å². The SMILES string of the molecule is COc1ccc(C2=CC(=O)N3NCC(c4ccccn4)C3N2)cc1OC. The number of ether oxygens (including phenoxy) is 2. The summed E-state index contributed by atoms with van der Waals surface area (Å²) in [5.41, 5.74) is 5.72. The van der Waals surface area contributed by atoms with Gasteiger partial charge in [0.1, 0.15) is 6.17 Å². The van der Waals surface area contributed by atoms with Crippen molar-refractivity contribution in [1.29, 1.82) is 0 Å². The number of pyridine rings is 1. The van der Waals surface area contributed by atoms with Gasteiger partial charge in [0.2, 0.25) is 0 Å². The van der Waals surface area contributed by atoms with Gasteiger partial charge in [0.25, 0.3) is 5.91 Å². The van der Waals surface area contributed by atoms with E-state index in [-0.39, 0.29) is 18.0 Å². The van der Waals surface area contributed by atoms with Crippen LogP contribution in [0.2, 0.25) is 0 Å². The average molecular weight is 352 g/mol. The molecular weight excluding hydrogens is 332 g/mol. The molecule has 0 spiro atoms. The van der Waals surface area contributed by atoms with Crippen LogP contribution < -0.4 is 20.2 Å². The lowest BCUT2D eigenvalue weighted by atomic mass is 9.99. The number of aromatic nitrogens is 1. The second-order valence-electron chi connectivity index (χ2n) is 6.15. The molecule has 2 aliphatic heterocycles. The Hall–Kier alpha value is -3.06. The van der Waals surface area contributed by atoms with Gasteiger partial charge in [-0.1, -0.05) is 6.07 Å². The van der Waals surface area contributed by atoms with Crippen LogP contribution in [0.3, 0.4) is 0 Å². The first kappa shape index (κ1) is 16.4. The zero-order valence-corrected chi connectivity index (χ0v) is 14.6. The second-order valence-corrected chi connectivity index (χ2v) is 6.15.